The van der Waals surface area contributed by atoms with Crippen molar-refractivity contribution in [2.45, 2.75) is 18.9 Å². The van der Waals surface area contributed by atoms with E-state index < -0.39 is 6.18 Å². The largest absolute Gasteiger partial charge is 0.409 e. The molecule has 26 heavy (non-hydrogen) atoms. The highest BCUT2D eigenvalue weighted by Gasteiger charge is 2.22. The van der Waals surface area contributed by atoms with Crippen molar-refractivity contribution in [3.63, 3.8) is 0 Å². The maximum atomic E-state index is 12.1. The number of alkyl halides is 3. The van der Waals surface area contributed by atoms with Crippen molar-refractivity contribution in [2.24, 2.45) is 0 Å². The van der Waals surface area contributed by atoms with Gasteiger partial charge in [0.1, 0.15) is 0 Å². The molecule has 3 rings (SSSR count). The Morgan fingerprint density at radius 3 is 1.88 bits per heavy atom. The zero-order valence-electron chi connectivity index (χ0n) is 14.2. The van der Waals surface area contributed by atoms with Gasteiger partial charge in [0.05, 0.1) is 6.33 Å². The summed E-state index contributed by atoms with van der Waals surface area (Å²) in [5.41, 5.74) is 2.26. The quantitative estimate of drug-likeness (QED) is 0.538. The van der Waals surface area contributed by atoms with Crippen LogP contribution in [0.25, 0.3) is 0 Å². The number of benzene rings is 2. The van der Waals surface area contributed by atoms with Crippen LogP contribution in [0.4, 0.5) is 13.2 Å². The smallest absolute Gasteiger partial charge is 0.351 e. The number of aromatic nitrogens is 2. The molecule has 0 fully saturated rings. The maximum Gasteiger partial charge on any atom is 0.409 e. The molecule has 134 valence electrons. The number of halogens is 3. The highest BCUT2D eigenvalue weighted by Crippen LogP contribution is 2.16. The van der Waals surface area contributed by atoms with Crippen LogP contribution < -0.4 is 10.9 Å². The maximum absolute atomic E-state index is 12.1. The van der Waals surface area contributed by atoms with Crippen molar-refractivity contribution in [2.75, 3.05) is 0 Å². The zero-order valence-corrected chi connectivity index (χ0v) is 14.2. The van der Waals surface area contributed by atoms with E-state index in [2.05, 4.69) is 9.97 Å². The fourth-order valence-electron chi connectivity index (χ4n) is 2.59. The number of aromatic amines is 1. The average molecular weight is 356 g/mol. The third kappa shape index (κ3) is 7.42. The van der Waals surface area contributed by atoms with Crippen LogP contribution in [0.5, 0.6) is 0 Å². The predicted octanol–water partition coefficient (Wildman–Crippen LogP) is 4.21. The Morgan fingerprint density at radius 2 is 1.50 bits per heavy atom. The molecule has 6 heteroatoms. The fourth-order valence-corrected chi connectivity index (χ4v) is 2.59. The predicted molar refractivity (Wildman–Crippen MR) is 101 cm³/mol. The Morgan fingerprint density at radius 1 is 0.923 bits per heavy atom. The SMILES string of the molecule is FC(F)(F)C=CCCB(c1ccccc1)c1ccccc1.c1c[nH]cn1. The van der Waals surface area contributed by atoms with E-state index in [9.17, 15) is 13.2 Å². The first-order valence-corrected chi connectivity index (χ1v) is 8.33. The number of H-pyrrole nitrogens is 1. The summed E-state index contributed by atoms with van der Waals surface area (Å²) in [4.78, 5) is 6.42. The number of hydrogen-bond donors (Lipinski definition) is 1. The first-order valence-electron chi connectivity index (χ1n) is 8.33. The van der Waals surface area contributed by atoms with Crippen molar-refractivity contribution in [1.82, 2.24) is 9.97 Å². The fraction of sp³-hybridized carbons (Fsp3) is 0.150. The summed E-state index contributed by atoms with van der Waals surface area (Å²) in [6, 6.07) is 19.8. The van der Waals surface area contributed by atoms with Crippen LogP contribution in [0.3, 0.4) is 0 Å². The lowest BCUT2D eigenvalue weighted by Gasteiger charge is -2.13. The topological polar surface area (TPSA) is 28.7 Å². The van der Waals surface area contributed by atoms with E-state index in [1.54, 1.807) is 18.7 Å². The Hall–Kier alpha value is -2.76. The molecule has 3 aromatic rings. The first-order chi connectivity index (χ1) is 12.6. The molecule has 0 aliphatic carbocycles. The molecule has 0 aliphatic heterocycles. The minimum atomic E-state index is -4.23. The van der Waals surface area contributed by atoms with Gasteiger partial charge in [0.2, 0.25) is 6.71 Å². The average Bonchev–Trinajstić information content (AvgIpc) is 3.22. The lowest BCUT2D eigenvalue weighted by atomic mass is 9.38. The van der Waals surface area contributed by atoms with Crippen molar-refractivity contribution in [1.29, 1.82) is 0 Å². The molecule has 2 aromatic carbocycles. The Labute approximate surface area is 151 Å². The highest BCUT2D eigenvalue weighted by atomic mass is 19.4. The summed E-state index contributed by atoms with van der Waals surface area (Å²) < 4.78 is 36.4. The van der Waals surface area contributed by atoms with Crippen LogP contribution in [0.15, 0.2) is 91.5 Å². The van der Waals surface area contributed by atoms with E-state index in [0.29, 0.717) is 18.8 Å². The van der Waals surface area contributed by atoms with Crippen LogP contribution in [-0.2, 0) is 0 Å². The number of allylic oxidation sites excluding steroid dienone is 2. The standard InChI is InChI=1S/C17H16BF3.C3H4N2/c19-17(20,21)13-7-8-14-18(15-9-3-1-4-10-15)16-11-5-2-6-12-16;1-2-5-3-4-1/h1-7,9-13H,8,14H2;1-3H,(H,4,5). The zero-order chi connectivity index (χ0) is 18.7. The van der Waals surface area contributed by atoms with Gasteiger partial charge in [0.25, 0.3) is 0 Å². The molecular formula is C20H20BF3N2. The molecule has 0 bridgehead atoms. The molecule has 1 heterocycles. The van der Waals surface area contributed by atoms with E-state index in [1.807, 2.05) is 60.7 Å². The highest BCUT2D eigenvalue weighted by molar-refractivity contribution is 6.85. The molecule has 0 aliphatic rings. The summed E-state index contributed by atoms with van der Waals surface area (Å²) in [7, 11) is 0. The summed E-state index contributed by atoms with van der Waals surface area (Å²) in [6.07, 6.45) is 3.43. The molecule has 0 atom stereocenters. The molecule has 2 nitrogen and oxygen atoms in total. The Balaban J connectivity index is 0.000000417. The van der Waals surface area contributed by atoms with Gasteiger partial charge in [-0.1, -0.05) is 84.0 Å². The summed E-state index contributed by atoms with van der Waals surface area (Å²) in [6.45, 7) is 0.116. The van der Waals surface area contributed by atoms with Crippen LogP contribution in [0, 0.1) is 0 Å². The van der Waals surface area contributed by atoms with Gasteiger partial charge in [0, 0.05) is 18.5 Å². The second-order valence-corrected chi connectivity index (χ2v) is 5.66. The van der Waals surface area contributed by atoms with E-state index in [-0.39, 0.29) is 6.71 Å². The Bertz CT molecular complexity index is 685. The van der Waals surface area contributed by atoms with Crippen molar-refractivity contribution >= 4 is 17.6 Å². The van der Waals surface area contributed by atoms with E-state index >= 15 is 0 Å². The minimum Gasteiger partial charge on any atom is -0.351 e. The summed E-state index contributed by atoms with van der Waals surface area (Å²) in [5.74, 6) is 0. The summed E-state index contributed by atoms with van der Waals surface area (Å²) >= 11 is 0. The molecule has 0 saturated heterocycles. The second-order valence-electron chi connectivity index (χ2n) is 5.66. The van der Waals surface area contributed by atoms with Crippen LogP contribution in [0.2, 0.25) is 6.32 Å². The number of imidazole rings is 1. The van der Waals surface area contributed by atoms with Crippen LogP contribution >= 0.6 is 0 Å². The van der Waals surface area contributed by atoms with Gasteiger partial charge in [-0.15, -0.1) is 0 Å². The molecule has 1 aromatic heterocycles. The summed E-state index contributed by atoms with van der Waals surface area (Å²) in [5, 5.41) is 0. The minimum absolute atomic E-state index is 0.116. The van der Waals surface area contributed by atoms with E-state index in [0.717, 1.165) is 10.9 Å². The van der Waals surface area contributed by atoms with Crippen LogP contribution in [-0.4, -0.2) is 22.9 Å². The molecule has 0 unspecified atom stereocenters. The van der Waals surface area contributed by atoms with Gasteiger partial charge >= 0.3 is 6.18 Å². The van der Waals surface area contributed by atoms with E-state index in [1.165, 1.54) is 6.08 Å². The first kappa shape index (κ1) is 19.6. The molecule has 1 N–H and O–H groups in total. The van der Waals surface area contributed by atoms with Crippen molar-refractivity contribution in [3.8, 4) is 0 Å². The molecule has 0 radical (unpaired) electrons. The van der Waals surface area contributed by atoms with Gasteiger partial charge in [-0.2, -0.15) is 13.2 Å². The number of hydrogen-bond acceptors (Lipinski definition) is 1. The van der Waals surface area contributed by atoms with E-state index in [4.69, 9.17) is 0 Å². The Kier molecular flexibility index (Phi) is 7.74. The van der Waals surface area contributed by atoms with Gasteiger partial charge in [-0.05, 0) is 6.42 Å². The normalized spacial score (nSPS) is 11.0. The molecule has 0 saturated carbocycles. The number of nitrogens with zero attached hydrogens (tertiary/aromatic N) is 1. The van der Waals surface area contributed by atoms with Gasteiger partial charge in [-0.3, -0.25) is 0 Å². The number of rotatable bonds is 5. The lowest BCUT2D eigenvalue weighted by molar-refractivity contribution is -0.0800. The molecule has 0 spiro atoms. The van der Waals surface area contributed by atoms with Gasteiger partial charge < -0.3 is 4.98 Å². The van der Waals surface area contributed by atoms with Gasteiger partial charge in [-0.25, -0.2) is 4.98 Å². The molecule has 0 amide bonds. The molecular weight excluding hydrogens is 336 g/mol. The van der Waals surface area contributed by atoms with Crippen molar-refractivity contribution in [3.05, 3.63) is 91.5 Å². The van der Waals surface area contributed by atoms with Crippen LogP contribution in [0.1, 0.15) is 6.42 Å². The third-order valence-electron chi connectivity index (χ3n) is 3.74. The second kappa shape index (κ2) is 10.3. The number of nitrogens with one attached hydrogen (secondary N) is 1. The lowest BCUT2D eigenvalue weighted by Crippen LogP contribution is -2.41. The van der Waals surface area contributed by atoms with Crippen molar-refractivity contribution < 1.29 is 13.2 Å². The monoisotopic (exact) mass is 356 g/mol. The van der Waals surface area contributed by atoms with Gasteiger partial charge in [0.15, 0.2) is 0 Å². The third-order valence-corrected chi connectivity index (χ3v) is 3.74.